The fourth-order valence-electron chi connectivity index (χ4n) is 3.32. The monoisotopic (exact) mass is 417 g/mol. The average molecular weight is 417 g/mol. The number of benzene rings is 2. The number of ether oxygens (including phenoxy) is 1. The van der Waals surface area contributed by atoms with Crippen LogP contribution in [0.5, 0.6) is 5.75 Å². The molecule has 0 N–H and O–H groups in total. The molecule has 0 spiro atoms. The van der Waals surface area contributed by atoms with Crippen LogP contribution in [0.25, 0.3) is 28.2 Å². The van der Waals surface area contributed by atoms with E-state index >= 15 is 0 Å². The van der Waals surface area contributed by atoms with Gasteiger partial charge in [0.1, 0.15) is 23.6 Å². The van der Waals surface area contributed by atoms with E-state index in [2.05, 4.69) is 15.2 Å². The summed E-state index contributed by atoms with van der Waals surface area (Å²) in [6.45, 7) is 0.0959. The van der Waals surface area contributed by atoms with E-state index in [-0.39, 0.29) is 23.8 Å². The van der Waals surface area contributed by atoms with Gasteiger partial charge in [0.25, 0.3) is 5.56 Å². The van der Waals surface area contributed by atoms with Crippen molar-refractivity contribution in [3.8, 4) is 28.4 Å². The number of halogens is 1. The summed E-state index contributed by atoms with van der Waals surface area (Å²) in [4.78, 5) is 17.3. The molecule has 0 saturated carbocycles. The van der Waals surface area contributed by atoms with Crippen molar-refractivity contribution in [1.82, 2.24) is 24.3 Å². The van der Waals surface area contributed by atoms with Crippen LogP contribution in [0.4, 0.5) is 4.39 Å². The van der Waals surface area contributed by atoms with Crippen LogP contribution in [0.3, 0.4) is 0 Å². The van der Waals surface area contributed by atoms with Gasteiger partial charge in [-0.2, -0.15) is 10.1 Å². The molecule has 0 aliphatic heterocycles. The first-order valence-corrected chi connectivity index (χ1v) is 9.43. The molecule has 0 aliphatic carbocycles. The molecule has 31 heavy (non-hydrogen) atoms. The van der Waals surface area contributed by atoms with E-state index in [1.165, 1.54) is 21.2 Å². The topological polar surface area (TPSA) is 87.5 Å². The molecule has 8 nitrogen and oxygen atoms in total. The molecular formula is C22H16FN5O3. The Bertz CT molecular complexity index is 1440. The predicted molar refractivity (Wildman–Crippen MR) is 110 cm³/mol. The third-order valence-corrected chi connectivity index (χ3v) is 4.86. The van der Waals surface area contributed by atoms with Gasteiger partial charge in [-0.05, 0) is 42.5 Å². The van der Waals surface area contributed by atoms with E-state index in [1.807, 2.05) is 24.3 Å². The smallest absolute Gasteiger partial charge is 0.277 e. The predicted octanol–water partition coefficient (Wildman–Crippen LogP) is 3.41. The highest BCUT2D eigenvalue weighted by Gasteiger charge is 2.14. The number of rotatable bonds is 5. The summed E-state index contributed by atoms with van der Waals surface area (Å²) in [6.07, 6.45) is 3.29. The Morgan fingerprint density at radius 1 is 1.10 bits per heavy atom. The van der Waals surface area contributed by atoms with Crippen molar-refractivity contribution in [3.63, 3.8) is 0 Å². The van der Waals surface area contributed by atoms with Gasteiger partial charge < -0.3 is 13.8 Å². The van der Waals surface area contributed by atoms with E-state index in [0.717, 1.165) is 5.56 Å². The van der Waals surface area contributed by atoms with E-state index in [9.17, 15) is 9.18 Å². The van der Waals surface area contributed by atoms with Crippen LogP contribution in [-0.4, -0.2) is 31.4 Å². The van der Waals surface area contributed by atoms with Gasteiger partial charge in [0.2, 0.25) is 11.7 Å². The number of hydrogen-bond donors (Lipinski definition) is 0. The molecule has 154 valence electrons. The fourth-order valence-corrected chi connectivity index (χ4v) is 3.32. The van der Waals surface area contributed by atoms with Crippen molar-refractivity contribution in [2.75, 3.05) is 7.11 Å². The van der Waals surface area contributed by atoms with Crippen molar-refractivity contribution < 1.29 is 13.7 Å². The molecule has 0 bridgehead atoms. The lowest BCUT2D eigenvalue weighted by molar-refractivity contribution is 0.370. The van der Waals surface area contributed by atoms with Gasteiger partial charge in [-0.1, -0.05) is 17.3 Å². The zero-order valence-electron chi connectivity index (χ0n) is 16.4. The van der Waals surface area contributed by atoms with Crippen LogP contribution in [0.2, 0.25) is 0 Å². The molecule has 2 aromatic carbocycles. The molecule has 0 atom stereocenters. The Balaban J connectivity index is 1.47. The van der Waals surface area contributed by atoms with E-state index in [0.29, 0.717) is 28.3 Å². The Labute approximate surface area is 175 Å². The summed E-state index contributed by atoms with van der Waals surface area (Å²) in [5.74, 6) is 0.910. The number of para-hydroxylation sites is 1. The molecule has 3 heterocycles. The molecule has 9 heteroatoms. The second-order valence-electron chi connectivity index (χ2n) is 6.81. The molecule has 0 radical (unpaired) electrons. The molecule has 3 aromatic heterocycles. The second-order valence-corrected chi connectivity index (χ2v) is 6.81. The van der Waals surface area contributed by atoms with Crippen LogP contribution in [-0.2, 0) is 6.54 Å². The summed E-state index contributed by atoms with van der Waals surface area (Å²) in [6, 6.07) is 15.0. The molecular weight excluding hydrogens is 401 g/mol. The molecule has 0 unspecified atom stereocenters. The minimum absolute atomic E-state index is 0.0959. The minimum atomic E-state index is -0.347. The van der Waals surface area contributed by atoms with Gasteiger partial charge in [-0.3, -0.25) is 4.79 Å². The Morgan fingerprint density at radius 3 is 2.71 bits per heavy atom. The second kappa shape index (κ2) is 7.52. The highest BCUT2D eigenvalue weighted by atomic mass is 19.1. The van der Waals surface area contributed by atoms with Crippen LogP contribution >= 0.6 is 0 Å². The Hall–Kier alpha value is -4.27. The van der Waals surface area contributed by atoms with Crippen LogP contribution in [0, 0.1) is 5.82 Å². The van der Waals surface area contributed by atoms with Crippen molar-refractivity contribution in [2.45, 2.75) is 6.54 Å². The van der Waals surface area contributed by atoms with Gasteiger partial charge in [-0.25, -0.2) is 8.91 Å². The summed E-state index contributed by atoms with van der Waals surface area (Å²) >= 11 is 0. The van der Waals surface area contributed by atoms with Crippen LogP contribution in [0.1, 0.15) is 5.89 Å². The number of hydrogen-bond acceptors (Lipinski definition) is 6. The van der Waals surface area contributed by atoms with Gasteiger partial charge in [0.05, 0.1) is 12.8 Å². The summed E-state index contributed by atoms with van der Waals surface area (Å²) < 4.78 is 26.8. The quantitative estimate of drug-likeness (QED) is 0.436. The standard InChI is InChI=1S/C22H16FN5O3/c1-30-19-5-3-2-4-16(19)17-12-18-22(29)27(10-11-28(18)25-17)13-20-24-21(26-31-20)14-6-8-15(23)9-7-14/h2-12H,13H2,1H3. The van der Waals surface area contributed by atoms with Crippen molar-refractivity contribution in [3.05, 3.63) is 89.1 Å². The first-order valence-electron chi connectivity index (χ1n) is 9.43. The largest absolute Gasteiger partial charge is 0.496 e. The van der Waals surface area contributed by atoms with Crippen LogP contribution < -0.4 is 10.3 Å². The van der Waals surface area contributed by atoms with Gasteiger partial charge in [0.15, 0.2) is 0 Å². The molecule has 0 aliphatic rings. The van der Waals surface area contributed by atoms with Crippen molar-refractivity contribution in [2.24, 2.45) is 0 Å². The SMILES string of the molecule is COc1ccccc1-c1cc2c(=O)n(Cc3nc(-c4ccc(F)cc4)no3)ccn2n1. The maximum absolute atomic E-state index is 13.1. The lowest BCUT2D eigenvalue weighted by atomic mass is 10.1. The zero-order chi connectivity index (χ0) is 21.4. The summed E-state index contributed by atoms with van der Waals surface area (Å²) in [7, 11) is 1.59. The number of aromatic nitrogens is 5. The maximum Gasteiger partial charge on any atom is 0.277 e. The maximum atomic E-state index is 13.1. The number of fused-ring (bicyclic) bond motifs is 1. The summed E-state index contributed by atoms with van der Waals surface area (Å²) in [5, 5.41) is 8.40. The normalized spacial score (nSPS) is 11.2. The molecule has 0 fully saturated rings. The third kappa shape index (κ3) is 3.46. The van der Waals surface area contributed by atoms with Gasteiger partial charge in [-0.15, -0.1) is 0 Å². The van der Waals surface area contributed by atoms with E-state index in [4.69, 9.17) is 9.26 Å². The molecule has 0 saturated heterocycles. The molecule has 5 aromatic rings. The Kier molecular flexibility index (Phi) is 4.55. The van der Waals surface area contributed by atoms with Gasteiger partial charge >= 0.3 is 0 Å². The third-order valence-electron chi connectivity index (χ3n) is 4.86. The number of methoxy groups -OCH3 is 1. The zero-order valence-corrected chi connectivity index (χ0v) is 16.4. The van der Waals surface area contributed by atoms with Crippen LogP contribution in [0.15, 0.2) is 76.3 Å². The summed E-state index contributed by atoms with van der Waals surface area (Å²) in [5.41, 5.74) is 2.19. The number of nitrogens with zero attached hydrogens (tertiary/aromatic N) is 5. The van der Waals surface area contributed by atoms with Crippen molar-refractivity contribution in [1.29, 1.82) is 0 Å². The first-order chi connectivity index (χ1) is 15.1. The minimum Gasteiger partial charge on any atom is -0.496 e. The molecule has 5 rings (SSSR count). The van der Waals surface area contributed by atoms with Gasteiger partial charge in [0, 0.05) is 23.5 Å². The van der Waals surface area contributed by atoms with E-state index in [1.54, 1.807) is 37.7 Å². The lowest BCUT2D eigenvalue weighted by Crippen LogP contribution is -2.21. The lowest BCUT2D eigenvalue weighted by Gasteiger charge is -2.04. The fraction of sp³-hybridized carbons (Fsp3) is 0.0909. The van der Waals surface area contributed by atoms with Crippen molar-refractivity contribution >= 4 is 5.52 Å². The highest BCUT2D eigenvalue weighted by Crippen LogP contribution is 2.28. The highest BCUT2D eigenvalue weighted by molar-refractivity contribution is 5.71. The molecule has 0 amide bonds. The first kappa shape index (κ1) is 18.7. The Morgan fingerprint density at radius 2 is 1.90 bits per heavy atom. The van der Waals surface area contributed by atoms with E-state index < -0.39 is 0 Å². The average Bonchev–Trinajstić information content (AvgIpc) is 3.44.